The number of hydrogen-bond donors (Lipinski definition) is 1. The first-order valence-corrected chi connectivity index (χ1v) is 13.1. The average molecular weight is 492 g/mol. The van der Waals surface area contributed by atoms with E-state index in [1.165, 1.54) is 12.7 Å². The standard InChI is InChI=1S/C29H37N3O4/c1-4-6-15-23-24(30-29(34)35-3)16-17-25-27(23)31-26(18-20-11-8-7-9-12-20)32(25)22-14-10-13-21(19-22)28(33)36-5-2/h7-9,11-12,16-17,21-22H,4-6,10,13-15,18-19H2,1-3H3,(H,30,34)/t21-,22-/m1/s1. The average Bonchev–Trinajstić information content (AvgIpc) is 3.26. The number of carbonyl (C=O) groups excluding carboxylic acids is 2. The highest BCUT2D eigenvalue weighted by atomic mass is 16.5. The Bertz CT molecular complexity index is 1190. The first-order valence-electron chi connectivity index (χ1n) is 13.1. The maximum atomic E-state index is 12.6. The molecule has 0 radical (unpaired) electrons. The summed E-state index contributed by atoms with van der Waals surface area (Å²) >= 11 is 0. The molecule has 0 aliphatic heterocycles. The molecule has 1 saturated carbocycles. The van der Waals surface area contributed by atoms with E-state index in [4.69, 9.17) is 14.5 Å². The van der Waals surface area contributed by atoms with Crippen molar-refractivity contribution < 1.29 is 19.1 Å². The van der Waals surface area contributed by atoms with Crippen LogP contribution in [0.25, 0.3) is 11.0 Å². The van der Waals surface area contributed by atoms with E-state index < -0.39 is 6.09 Å². The number of unbranched alkanes of at least 4 members (excludes halogenated alkanes) is 1. The number of nitrogens with zero attached hydrogens (tertiary/aromatic N) is 2. The fraction of sp³-hybridized carbons (Fsp3) is 0.483. The molecule has 1 amide bonds. The number of aromatic nitrogens is 2. The number of amides is 1. The van der Waals surface area contributed by atoms with Crippen LogP contribution in [-0.2, 0) is 27.1 Å². The number of nitrogens with one attached hydrogen (secondary N) is 1. The molecule has 0 saturated heterocycles. The third-order valence-electron chi connectivity index (χ3n) is 7.08. The Hall–Kier alpha value is -3.35. The van der Waals surface area contributed by atoms with Crippen molar-refractivity contribution in [2.24, 2.45) is 5.92 Å². The van der Waals surface area contributed by atoms with Gasteiger partial charge in [0.2, 0.25) is 0 Å². The lowest BCUT2D eigenvalue weighted by Crippen LogP contribution is -2.27. The van der Waals surface area contributed by atoms with Crippen molar-refractivity contribution in [2.75, 3.05) is 19.0 Å². The van der Waals surface area contributed by atoms with Crippen molar-refractivity contribution in [3.63, 3.8) is 0 Å². The topological polar surface area (TPSA) is 82.5 Å². The van der Waals surface area contributed by atoms with Gasteiger partial charge >= 0.3 is 12.1 Å². The predicted octanol–water partition coefficient (Wildman–Crippen LogP) is 6.44. The quantitative estimate of drug-likeness (QED) is 0.348. The minimum atomic E-state index is -0.486. The molecule has 1 aliphatic rings. The maximum Gasteiger partial charge on any atom is 0.411 e. The SMILES string of the molecule is CCCCc1c(NC(=O)OC)ccc2c1nc(Cc1ccccc1)n2[C@@H]1CCC[C@@H](C(=O)OCC)C1. The number of methoxy groups -OCH3 is 1. The van der Waals surface area contributed by atoms with Crippen LogP contribution >= 0.6 is 0 Å². The summed E-state index contributed by atoms with van der Waals surface area (Å²) in [5, 5.41) is 2.88. The lowest BCUT2D eigenvalue weighted by molar-refractivity contribution is -0.149. The number of fused-ring (bicyclic) bond motifs is 1. The molecule has 1 aliphatic carbocycles. The summed E-state index contributed by atoms with van der Waals surface area (Å²) < 4.78 is 12.6. The summed E-state index contributed by atoms with van der Waals surface area (Å²) in [4.78, 5) is 29.8. The Morgan fingerprint density at radius 1 is 1.11 bits per heavy atom. The van der Waals surface area contributed by atoms with Crippen molar-refractivity contribution in [3.8, 4) is 0 Å². The molecule has 7 nitrogen and oxygen atoms in total. The lowest BCUT2D eigenvalue weighted by Gasteiger charge is -2.30. The fourth-order valence-electron chi connectivity index (χ4n) is 5.33. The summed E-state index contributed by atoms with van der Waals surface area (Å²) in [6.07, 6.45) is 6.64. The van der Waals surface area contributed by atoms with Gasteiger partial charge in [-0.25, -0.2) is 9.78 Å². The molecule has 1 N–H and O–H groups in total. The van der Waals surface area contributed by atoms with Gasteiger partial charge in [0.1, 0.15) is 5.82 Å². The van der Waals surface area contributed by atoms with Gasteiger partial charge in [-0.05, 0) is 56.7 Å². The molecule has 36 heavy (non-hydrogen) atoms. The number of ether oxygens (including phenoxy) is 2. The largest absolute Gasteiger partial charge is 0.466 e. The van der Waals surface area contributed by atoms with Gasteiger partial charge < -0.3 is 14.0 Å². The molecule has 0 unspecified atom stereocenters. The van der Waals surface area contributed by atoms with E-state index in [0.29, 0.717) is 13.0 Å². The van der Waals surface area contributed by atoms with Gasteiger partial charge in [0.15, 0.2) is 0 Å². The Morgan fingerprint density at radius 2 is 1.92 bits per heavy atom. The molecule has 4 rings (SSSR count). The molecule has 192 valence electrons. The number of imidazole rings is 1. The van der Waals surface area contributed by atoms with Gasteiger partial charge in [-0.15, -0.1) is 0 Å². The van der Waals surface area contributed by atoms with E-state index in [9.17, 15) is 9.59 Å². The monoisotopic (exact) mass is 491 g/mol. The minimum Gasteiger partial charge on any atom is -0.466 e. The fourth-order valence-corrected chi connectivity index (χ4v) is 5.33. The zero-order valence-electron chi connectivity index (χ0n) is 21.6. The van der Waals surface area contributed by atoms with Gasteiger partial charge in [0.25, 0.3) is 0 Å². The van der Waals surface area contributed by atoms with Gasteiger partial charge in [0.05, 0.1) is 30.7 Å². The highest BCUT2D eigenvalue weighted by Gasteiger charge is 2.31. The molecule has 1 aromatic heterocycles. The number of hydrogen-bond acceptors (Lipinski definition) is 5. The molecular weight excluding hydrogens is 454 g/mol. The smallest absolute Gasteiger partial charge is 0.411 e. The van der Waals surface area contributed by atoms with Gasteiger partial charge in [0, 0.05) is 23.7 Å². The zero-order valence-corrected chi connectivity index (χ0v) is 21.6. The normalized spacial score (nSPS) is 17.6. The molecule has 0 spiro atoms. The zero-order chi connectivity index (χ0) is 25.5. The molecule has 2 atom stereocenters. The summed E-state index contributed by atoms with van der Waals surface area (Å²) in [5.74, 6) is 0.800. The van der Waals surface area contributed by atoms with Gasteiger partial charge in [-0.1, -0.05) is 50.1 Å². The van der Waals surface area contributed by atoms with Crippen LogP contribution in [0.5, 0.6) is 0 Å². The van der Waals surface area contributed by atoms with Gasteiger partial charge in [-0.3, -0.25) is 10.1 Å². The molecular formula is C29H37N3O4. The number of benzene rings is 2. The molecule has 1 heterocycles. The highest BCUT2D eigenvalue weighted by molar-refractivity contribution is 5.92. The van der Waals surface area contributed by atoms with Crippen molar-refractivity contribution in [1.29, 1.82) is 0 Å². The molecule has 0 bridgehead atoms. The first kappa shape index (κ1) is 25.7. The van der Waals surface area contributed by atoms with E-state index >= 15 is 0 Å². The Kier molecular flexibility index (Phi) is 8.62. The number of anilines is 1. The van der Waals surface area contributed by atoms with E-state index in [1.807, 2.05) is 37.3 Å². The summed E-state index contributed by atoms with van der Waals surface area (Å²) in [6, 6.07) is 14.5. The van der Waals surface area contributed by atoms with Crippen LogP contribution in [0.2, 0.25) is 0 Å². The lowest BCUT2D eigenvalue weighted by atomic mass is 9.85. The van der Waals surface area contributed by atoms with Crippen molar-refractivity contribution in [1.82, 2.24) is 9.55 Å². The van der Waals surface area contributed by atoms with Crippen LogP contribution in [0, 0.1) is 5.92 Å². The molecule has 7 heteroatoms. The highest BCUT2D eigenvalue weighted by Crippen LogP contribution is 2.38. The van der Waals surface area contributed by atoms with Crippen molar-refractivity contribution in [2.45, 2.75) is 71.3 Å². The third-order valence-corrected chi connectivity index (χ3v) is 7.08. The minimum absolute atomic E-state index is 0.0921. The molecule has 1 fully saturated rings. The van der Waals surface area contributed by atoms with E-state index in [-0.39, 0.29) is 17.9 Å². The van der Waals surface area contributed by atoms with Crippen LogP contribution < -0.4 is 5.32 Å². The number of rotatable bonds is 9. The van der Waals surface area contributed by atoms with Crippen LogP contribution in [0.3, 0.4) is 0 Å². The molecule has 2 aromatic carbocycles. The molecule has 3 aromatic rings. The summed E-state index contributed by atoms with van der Waals surface area (Å²) in [6.45, 7) is 4.42. The summed E-state index contributed by atoms with van der Waals surface area (Å²) in [5.41, 5.74) is 4.94. The van der Waals surface area contributed by atoms with Crippen molar-refractivity contribution >= 4 is 28.8 Å². The van der Waals surface area contributed by atoms with Crippen LogP contribution in [0.15, 0.2) is 42.5 Å². The maximum absolute atomic E-state index is 12.6. The van der Waals surface area contributed by atoms with Crippen LogP contribution in [0.1, 0.15) is 75.4 Å². The third kappa shape index (κ3) is 5.72. The second kappa shape index (κ2) is 12.1. The number of esters is 1. The van der Waals surface area contributed by atoms with Gasteiger partial charge in [-0.2, -0.15) is 0 Å². The van der Waals surface area contributed by atoms with Crippen LogP contribution in [0.4, 0.5) is 10.5 Å². The Morgan fingerprint density at radius 3 is 2.64 bits per heavy atom. The van der Waals surface area contributed by atoms with Crippen molar-refractivity contribution in [3.05, 3.63) is 59.4 Å². The van der Waals surface area contributed by atoms with E-state index in [0.717, 1.165) is 73.1 Å². The summed E-state index contributed by atoms with van der Waals surface area (Å²) in [7, 11) is 1.37. The first-order chi connectivity index (χ1) is 17.5. The predicted molar refractivity (Wildman–Crippen MR) is 141 cm³/mol. The van der Waals surface area contributed by atoms with E-state index in [1.54, 1.807) is 0 Å². The Labute approximate surface area is 213 Å². The number of aryl methyl sites for hydroxylation is 1. The van der Waals surface area contributed by atoms with E-state index in [2.05, 4.69) is 28.9 Å². The second-order valence-corrected chi connectivity index (χ2v) is 9.51. The van der Waals surface area contributed by atoms with Crippen LogP contribution in [-0.4, -0.2) is 35.3 Å². The second-order valence-electron chi connectivity index (χ2n) is 9.51. The number of carbonyl (C=O) groups is 2. The Balaban J connectivity index is 1.81.